The molecule has 0 N–H and O–H groups in total. The smallest absolute Gasteiger partial charge is 0.333 e. The van der Waals surface area contributed by atoms with Crippen molar-refractivity contribution >= 4 is 138 Å². The van der Waals surface area contributed by atoms with Crippen molar-refractivity contribution < 1.29 is 4.42 Å². The number of fused-ring (bicyclic) bond motifs is 13. The molecule has 0 saturated carbocycles. The maximum Gasteiger partial charge on any atom is 0.333 e. The molecule has 0 unspecified atom stereocenters. The van der Waals surface area contributed by atoms with Gasteiger partial charge >= 0.3 is 6.85 Å². The number of nitrogens with zero attached hydrogens (tertiary/aromatic N) is 3. The Morgan fingerprint density at radius 2 is 0.976 bits per heavy atom. The Hall–Kier alpha value is -10.1. The van der Waals surface area contributed by atoms with E-state index in [0.717, 1.165) is 72.7 Å². The Balaban J connectivity index is 1.05. The Kier molecular flexibility index (Phi) is 10.8. The summed E-state index contributed by atoms with van der Waals surface area (Å²) in [4.78, 5) is 7.76. The zero-order chi connectivity index (χ0) is 55.8. The van der Waals surface area contributed by atoms with Gasteiger partial charge in [0.1, 0.15) is 11.2 Å². The maximum atomic E-state index is 7.08. The average Bonchev–Trinajstić information content (AvgIpc) is 2.58. The second-order valence-corrected chi connectivity index (χ2v) is 24.7. The van der Waals surface area contributed by atoms with Crippen molar-refractivity contribution in [3.05, 3.63) is 279 Å². The van der Waals surface area contributed by atoms with Crippen LogP contribution in [0.25, 0.3) is 97.0 Å². The minimum atomic E-state index is -0.287. The van der Waals surface area contributed by atoms with Gasteiger partial charge in [-0.05, 0) is 163 Å². The molecule has 0 amide bonds. The van der Waals surface area contributed by atoms with Crippen molar-refractivity contribution in [2.45, 2.75) is 26.2 Å². The van der Waals surface area contributed by atoms with Crippen LogP contribution in [-0.4, -0.2) is 6.85 Å². The van der Waals surface area contributed by atoms with Crippen LogP contribution in [0.2, 0.25) is 0 Å². The molecule has 15 aromatic rings. The van der Waals surface area contributed by atoms with Crippen molar-refractivity contribution in [1.29, 1.82) is 0 Å². The fourth-order valence-electron chi connectivity index (χ4n) is 13.7. The molecule has 4 heterocycles. The average molecular weight is 1090 g/mol. The molecule has 2 aliphatic heterocycles. The van der Waals surface area contributed by atoms with Crippen LogP contribution < -0.4 is 25.5 Å². The second kappa shape index (κ2) is 18.7. The highest BCUT2D eigenvalue weighted by atomic mass is 32.1. The van der Waals surface area contributed by atoms with Gasteiger partial charge < -0.3 is 19.0 Å². The first kappa shape index (κ1) is 48.6. The molecular weight excluding hydrogens is 1040 g/mol. The summed E-state index contributed by atoms with van der Waals surface area (Å²) in [5.74, 6) is 0. The van der Waals surface area contributed by atoms with Crippen LogP contribution >= 0.6 is 11.3 Å². The molecule has 4 nitrogen and oxygen atoms in total. The molecule has 0 saturated heterocycles. The zero-order valence-electron chi connectivity index (χ0n) is 46.7. The van der Waals surface area contributed by atoms with Crippen LogP contribution in [0.15, 0.2) is 277 Å². The zero-order valence-corrected chi connectivity index (χ0v) is 47.5. The third kappa shape index (κ3) is 7.60. The van der Waals surface area contributed by atoms with Gasteiger partial charge in [0, 0.05) is 82.3 Å². The van der Waals surface area contributed by atoms with Gasteiger partial charge in [-0.25, -0.2) is 0 Å². The molecule has 0 bridgehead atoms. The lowest BCUT2D eigenvalue weighted by Crippen LogP contribution is -2.61. The Morgan fingerprint density at radius 3 is 1.64 bits per heavy atom. The molecule has 17 rings (SSSR count). The van der Waals surface area contributed by atoms with Gasteiger partial charge in [0.05, 0.1) is 11.4 Å². The highest BCUT2D eigenvalue weighted by molar-refractivity contribution is 7.26. The first-order chi connectivity index (χ1) is 41.3. The lowest BCUT2D eigenvalue weighted by atomic mass is 9.43. The van der Waals surface area contributed by atoms with Crippen molar-refractivity contribution in [3.63, 3.8) is 0 Å². The molecule has 0 radical (unpaired) electrons. The van der Waals surface area contributed by atoms with Crippen LogP contribution in [0.4, 0.5) is 45.5 Å². The third-order valence-corrected chi connectivity index (χ3v) is 18.8. The number of para-hydroxylation sites is 2. The second-order valence-electron chi connectivity index (χ2n) is 23.6. The molecule has 0 aliphatic carbocycles. The molecule has 13 aromatic carbocycles. The molecule has 0 fully saturated rings. The number of benzene rings is 13. The summed E-state index contributed by atoms with van der Waals surface area (Å²) in [5.41, 5.74) is 21.2. The summed E-state index contributed by atoms with van der Waals surface area (Å²) in [6.45, 7) is 6.69. The van der Waals surface area contributed by atoms with E-state index in [1.807, 2.05) is 11.3 Å². The molecule has 2 aliphatic rings. The summed E-state index contributed by atoms with van der Waals surface area (Å²) < 4.78 is 9.60. The molecule has 2 aromatic heterocycles. The number of hydrogen-bond acceptors (Lipinski definition) is 5. The van der Waals surface area contributed by atoms with Gasteiger partial charge in [-0.3, -0.25) is 0 Å². The Bertz CT molecular complexity index is 5090. The van der Waals surface area contributed by atoms with E-state index in [4.69, 9.17) is 4.42 Å². The topological polar surface area (TPSA) is 22.9 Å². The number of hydrogen-bond donors (Lipinski definition) is 0. The summed E-state index contributed by atoms with van der Waals surface area (Å²) in [6.07, 6.45) is 0. The first-order valence-corrected chi connectivity index (χ1v) is 29.9. The van der Waals surface area contributed by atoms with Crippen LogP contribution in [0.3, 0.4) is 0 Å². The Morgan fingerprint density at radius 1 is 0.405 bits per heavy atom. The highest BCUT2D eigenvalue weighted by Crippen LogP contribution is 2.55. The standard InChI is InChI=1S/C78H54BN3OS/c1-78(2,3)56-34-38-68(61(44-56)51-22-10-5-11-23-51)81-70-46-60(80(57-28-12-6-13-29-57)58-30-14-7-15-31-58)45-65-62-47-64-63-40-52-24-16-18-26-54(52)42-71(63)83-72(64)48-69(62)82(59-35-32-50(33-36-59)49-20-8-4-9-21-49)79(76(65)70)67-37-39-73-75(77(67)81)66-41-53-25-17-19-27-55(53)43-74(66)84-73/h4-48H,1-3H3. The predicted octanol–water partition coefficient (Wildman–Crippen LogP) is 21.1. The van der Waals surface area contributed by atoms with E-state index in [9.17, 15) is 0 Å². The van der Waals surface area contributed by atoms with Crippen LogP contribution in [0, 0.1) is 0 Å². The van der Waals surface area contributed by atoms with E-state index in [1.165, 1.54) is 86.3 Å². The molecule has 6 heteroatoms. The van der Waals surface area contributed by atoms with E-state index in [2.05, 4.69) is 308 Å². The van der Waals surface area contributed by atoms with Crippen molar-refractivity contribution in [2.75, 3.05) is 14.6 Å². The van der Waals surface area contributed by atoms with Crippen LogP contribution in [0.5, 0.6) is 0 Å². The monoisotopic (exact) mass is 1090 g/mol. The normalized spacial score (nSPS) is 12.9. The predicted molar refractivity (Wildman–Crippen MR) is 360 cm³/mol. The summed E-state index contributed by atoms with van der Waals surface area (Å²) in [7, 11) is 0. The maximum absolute atomic E-state index is 7.08. The minimum Gasteiger partial charge on any atom is -0.456 e. The van der Waals surface area contributed by atoms with Gasteiger partial charge in [0.2, 0.25) is 0 Å². The van der Waals surface area contributed by atoms with Crippen molar-refractivity contribution in [3.8, 4) is 33.4 Å². The first-order valence-electron chi connectivity index (χ1n) is 29.1. The molecule has 396 valence electrons. The van der Waals surface area contributed by atoms with E-state index in [0.29, 0.717) is 0 Å². The molecule has 0 spiro atoms. The third-order valence-electron chi connectivity index (χ3n) is 17.7. The van der Waals surface area contributed by atoms with Crippen molar-refractivity contribution in [1.82, 2.24) is 0 Å². The van der Waals surface area contributed by atoms with E-state index >= 15 is 0 Å². The lowest BCUT2D eigenvalue weighted by Gasteiger charge is -2.47. The van der Waals surface area contributed by atoms with Gasteiger partial charge in [-0.2, -0.15) is 0 Å². The van der Waals surface area contributed by atoms with E-state index in [1.54, 1.807) is 0 Å². The summed E-state index contributed by atoms with van der Waals surface area (Å²) >= 11 is 1.89. The minimum absolute atomic E-state index is 0.106. The number of furan rings is 1. The fourth-order valence-corrected chi connectivity index (χ4v) is 14.8. The number of anilines is 8. The van der Waals surface area contributed by atoms with Gasteiger partial charge in [-0.15, -0.1) is 11.3 Å². The number of rotatable bonds is 7. The highest BCUT2D eigenvalue weighted by Gasteiger charge is 2.47. The van der Waals surface area contributed by atoms with Crippen LogP contribution in [-0.2, 0) is 5.41 Å². The summed E-state index contributed by atoms with van der Waals surface area (Å²) in [5, 5.41) is 9.51. The van der Waals surface area contributed by atoms with Gasteiger partial charge in [-0.1, -0.05) is 191 Å². The number of thiophene rings is 1. The lowest BCUT2D eigenvalue weighted by molar-refractivity contribution is 0.590. The van der Waals surface area contributed by atoms with Crippen LogP contribution in [0.1, 0.15) is 26.3 Å². The van der Waals surface area contributed by atoms with Gasteiger partial charge in [0.15, 0.2) is 0 Å². The van der Waals surface area contributed by atoms with Crippen molar-refractivity contribution in [2.24, 2.45) is 0 Å². The summed E-state index contributed by atoms with van der Waals surface area (Å²) in [6, 6.07) is 102. The Labute approximate surface area is 492 Å². The molecule has 84 heavy (non-hydrogen) atoms. The van der Waals surface area contributed by atoms with Gasteiger partial charge in [0.25, 0.3) is 0 Å². The largest absolute Gasteiger partial charge is 0.456 e. The van der Waals surface area contributed by atoms with E-state index < -0.39 is 0 Å². The SMILES string of the molecule is CC(C)(C)c1ccc(N2c3cc(N(c4ccccc4)c4ccccc4)cc4c3B(c3ccc5sc6cc7ccccc7cc6c5c32)N(c2ccc(-c3ccccc3)cc2)c2cc3oc5cc6ccccc6cc5c3cc2-4)c(-c2ccccc2)c1. The molecular formula is C78H54BN3OS. The van der Waals surface area contributed by atoms with E-state index in [-0.39, 0.29) is 12.3 Å². The fraction of sp³-hybridized carbons (Fsp3) is 0.0513. The quantitative estimate of drug-likeness (QED) is 0.148. The molecule has 0 atom stereocenters.